The van der Waals surface area contributed by atoms with E-state index >= 15 is 0 Å². The number of fused-ring (bicyclic) bond motifs is 1. The van der Waals surface area contributed by atoms with Gasteiger partial charge in [-0.3, -0.25) is 4.79 Å². The van der Waals surface area contributed by atoms with Crippen molar-refractivity contribution in [1.29, 1.82) is 0 Å². The molecule has 2 rings (SSSR count). The first-order valence-corrected chi connectivity index (χ1v) is 8.03. The molecule has 1 aliphatic rings. The average Bonchev–Trinajstić information content (AvgIpc) is 2.54. The van der Waals surface area contributed by atoms with Gasteiger partial charge in [0.05, 0.1) is 6.54 Å². The minimum Gasteiger partial charge on any atom is -0.486 e. The van der Waals surface area contributed by atoms with Gasteiger partial charge in [-0.05, 0) is 31.5 Å². The molecule has 0 spiro atoms. The fraction of sp³-hybridized carbons (Fsp3) is 0.588. The monoisotopic (exact) mass is 342 g/mol. The summed E-state index contributed by atoms with van der Waals surface area (Å²) < 4.78 is 11.5. The maximum absolute atomic E-state index is 12.1. The van der Waals surface area contributed by atoms with Crippen molar-refractivity contribution >= 4 is 18.3 Å². The van der Waals surface area contributed by atoms with Crippen molar-refractivity contribution in [3.05, 3.63) is 24.3 Å². The Labute approximate surface area is 144 Å². The Kier molecular flexibility index (Phi) is 8.81. The number of hydrogen-bond acceptors (Lipinski definition) is 4. The maximum atomic E-state index is 12.1. The largest absolute Gasteiger partial charge is 0.486 e. The SMILES string of the molecule is CN(CC1COc2ccccc2O1)C(=O)CCCCCCN.Cl. The Morgan fingerprint density at radius 3 is 2.65 bits per heavy atom. The van der Waals surface area contributed by atoms with Crippen LogP contribution in [0.3, 0.4) is 0 Å². The van der Waals surface area contributed by atoms with Crippen LogP contribution in [0.2, 0.25) is 0 Å². The Bertz CT molecular complexity index is 485. The van der Waals surface area contributed by atoms with Gasteiger partial charge in [-0.2, -0.15) is 0 Å². The summed E-state index contributed by atoms with van der Waals surface area (Å²) in [5, 5.41) is 0. The van der Waals surface area contributed by atoms with Gasteiger partial charge >= 0.3 is 0 Å². The molecular weight excluding hydrogens is 316 g/mol. The minimum atomic E-state index is -0.110. The molecule has 1 atom stereocenters. The molecule has 1 heterocycles. The van der Waals surface area contributed by atoms with Crippen molar-refractivity contribution in [1.82, 2.24) is 4.90 Å². The first kappa shape index (κ1) is 19.6. The number of rotatable bonds is 8. The van der Waals surface area contributed by atoms with Crippen LogP contribution in [-0.4, -0.2) is 43.7 Å². The lowest BCUT2D eigenvalue weighted by molar-refractivity contribution is -0.131. The molecule has 23 heavy (non-hydrogen) atoms. The van der Waals surface area contributed by atoms with Crippen LogP contribution in [0.1, 0.15) is 32.1 Å². The topological polar surface area (TPSA) is 64.8 Å². The number of benzene rings is 1. The molecular formula is C17H27ClN2O3. The van der Waals surface area contributed by atoms with Crippen LogP contribution in [0.15, 0.2) is 24.3 Å². The Morgan fingerprint density at radius 2 is 1.91 bits per heavy atom. The van der Waals surface area contributed by atoms with Gasteiger partial charge < -0.3 is 20.1 Å². The lowest BCUT2D eigenvalue weighted by atomic mass is 10.1. The number of carbonyl (C=O) groups excluding carboxylic acids is 1. The number of unbranched alkanes of at least 4 members (excludes halogenated alkanes) is 3. The molecule has 1 amide bonds. The fourth-order valence-electron chi connectivity index (χ4n) is 2.53. The molecule has 130 valence electrons. The summed E-state index contributed by atoms with van der Waals surface area (Å²) in [6.07, 6.45) is 4.61. The number of ether oxygens (including phenoxy) is 2. The minimum absolute atomic E-state index is 0. The summed E-state index contributed by atoms with van der Waals surface area (Å²) in [6, 6.07) is 7.62. The highest BCUT2D eigenvalue weighted by molar-refractivity contribution is 5.85. The van der Waals surface area contributed by atoms with E-state index in [4.69, 9.17) is 15.2 Å². The third-order valence-electron chi connectivity index (χ3n) is 3.82. The number of amides is 1. The van der Waals surface area contributed by atoms with Crippen LogP contribution >= 0.6 is 12.4 Å². The summed E-state index contributed by atoms with van der Waals surface area (Å²) in [7, 11) is 1.83. The van der Waals surface area contributed by atoms with Gasteiger partial charge in [0, 0.05) is 13.5 Å². The number of nitrogens with zero attached hydrogens (tertiary/aromatic N) is 1. The predicted molar refractivity (Wildman–Crippen MR) is 93.4 cm³/mol. The highest BCUT2D eigenvalue weighted by Crippen LogP contribution is 2.30. The maximum Gasteiger partial charge on any atom is 0.222 e. The van der Waals surface area contributed by atoms with Crippen molar-refractivity contribution in [2.75, 3.05) is 26.7 Å². The van der Waals surface area contributed by atoms with Gasteiger partial charge in [-0.25, -0.2) is 0 Å². The van der Waals surface area contributed by atoms with E-state index in [1.165, 1.54) is 0 Å². The molecule has 0 saturated carbocycles. The van der Waals surface area contributed by atoms with Crippen LogP contribution in [0.4, 0.5) is 0 Å². The number of nitrogens with two attached hydrogens (primary N) is 1. The summed E-state index contributed by atoms with van der Waals surface area (Å²) in [5.41, 5.74) is 5.46. The van der Waals surface area contributed by atoms with Gasteiger partial charge in [-0.15, -0.1) is 12.4 Å². The van der Waals surface area contributed by atoms with Crippen molar-refractivity contribution in [3.63, 3.8) is 0 Å². The molecule has 0 saturated heterocycles. The molecule has 1 aliphatic heterocycles. The second-order valence-electron chi connectivity index (χ2n) is 5.72. The molecule has 0 aliphatic carbocycles. The lowest BCUT2D eigenvalue weighted by Crippen LogP contribution is -2.41. The Morgan fingerprint density at radius 1 is 1.22 bits per heavy atom. The Hall–Kier alpha value is -1.46. The van der Waals surface area contributed by atoms with E-state index in [2.05, 4.69) is 0 Å². The van der Waals surface area contributed by atoms with Crippen LogP contribution in [0.5, 0.6) is 11.5 Å². The average molecular weight is 343 g/mol. The normalized spacial score (nSPS) is 15.7. The quantitative estimate of drug-likeness (QED) is 0.737. The molecule has 0 fully saturated rings. The van der Waals surface area contributed by atoms with Crippen LogP contribution < -0.4 is 15.2 Å². The van der Waals surface area contributed by atoms with E-state index in [0.717, 1.165) is 43.7 Å². The second kappa shape index (κ2) is 10.3. The zero-order valence-electron chi connectivity index (χ0n) is 13.7. The van der Waals surface area contributed by atoms with Gasteiger partial charge in [0.15, 0.2) is 17.6 Å². The third-order valence-corrected chi connectivity index (χ3v) is 3.82. The number of likely N-dealkylation sites (N-methyl/N-ethyl adjacent to an activating group) is 1. The summed E-state index contributed by atoms with van der Waals surface area (Å²) in [6.45, 7) is 1.76. The van der Waals surface area contributed by atoms with Crippen molar-refractivity contribution < 1.29 is 14.3 Å². The fourth-order valence-corrected chi connectivity index (χ4v) is 2.53. The highest BCUT2D eigenvalue weighted by Gasteiger charge is 2.23. The molecule has 0 radical (unpaired) electrons. The van der Waals surface area contributed by atoms with Crippen LogP contribution in [0.25, 0.3) is 0 Å². The smallest absolute Gasteiger partial charge is 0.222 e. The van der Waals surface area contributed by atoms with Gasteiger partial charge in [0.2, 0.25) is 5.91 Å². The first-order valence-electron chi connectivity index (χ1n) is 8.03. The van der Waals surface area contributed by atoms with E-state index in [-0.39, 0.29) is 24.4 Å². The van der Waals surface area contributed by atoms with Gasteiger partial charge in [-0.1, -0.05) is 25.0 Å². The summed E-state index contributed by atoms with van der Waals surface area (Å²) in [4.78, 5) is 13.8. The van der Waals surface area contributed by atoms with Crippen LogP contribution in [0, 0.1) is 0 Å². The Balaban J connectivity index is 0.00000264. The molecule has 1 unspecified atom stereocenters. The molecule has 1 aromatic rings. The number of carbonyl (C=O) groups is 1. The third kappa shape index (κ3) is 6.28. The van der Waals surface area contributed by atoms with E-state index in [0.29, 0.717) is 19.6 Å². The van der Waals surface area contributed by atoms with Gasteiger partial charge in [0.1, 0.15) is 6.61 Å². The van der Waals surface area contributed by atoms with Crippen molar-refractivity contribution in [3.8, 4) is 11.5 Å². The van der Waals surface area contributed by atoms with Crippen molar-refractivity contribution in [2.45, 2.75) is 38.2 Å². The van der Waals surface area contributed by atoms with Crippen LogP contribution in [-0.2, 0) is 4.79 Å². The molecule has 1 aromatic carbocycles. The zero-order valence-corrected chi connectivity index (χ0v) is 14.5. The molecule has 5 nitrogen and oxygen atoms in total. The molecule has 0 bridgehead atoms. The summed E-state index contributed by atoms with van der Waals surface area (Å²) >= 11 is 0. The zero-order chi connectivity index (χ0) is 15.8. The summed E-state index contributed by atoms with van der Waals surface area (Å²) in [5.74, 6) is 1.68. The van der Waals surface area contributed by atoms with E-state index in [1.807, 2.05) is 31.3 Å². The van der Waals surface area contributed by atoms with Gasteiger partial charge in [0.25, 0.3) is 0 Å². The molecule has 2 N–H and O–H groups in total. The van der Waals surface area contributed by atoms with Crippen molar-refractivity contribution in [2.24, 2.45) is 5.73 Å². The number of hydrogen-bond donors (Lipinski definition) is 1. The lowest BCUT2D eigenvalue weighted by Gasteiger charge is -2.29. The molecule has 6 heteroatoms. The predicted octanol–water partition coefficient (Wildman–Crippen LogP) is 2.62. The highest BCUT2D eigenvalue weighted by atomic mass is 35.5. The van der Waals surface area contributed by atoms with E-state index in [1.54, 1.807) is 4.90 Å². The first-order chi connectivity index (χ1) is 10.7. The van der Waals surface area contributed by atoms with E-state index < -0.39 is 0 Å². The number of halogens is 1. The van der Waals surface area contributed by atoms with E-state index in [9.17, 15) is 4.79 Å². The molecule has 0 aromatic heterocycles. The number of para-hydroxylation sites is 2. The standard InChI is InChI=1S/C17H26N2O3.ClH/c1-19(17(20)10-4-2-3-7-11-18)12-14-13-21-15-8-5-6-9-16(15)22-14;/h5-6,8-9,14H,2-4,7,10-13,18H2,1H3;1H. The second-order valence-corrected chi connectivity index (χ2v) is 5.72.